The number of nitrogens with two attached hydrogens (primary N) is 1. The Kier molecular flexibility index (Phi) is 4.03. The number of piperidine rings is 1. The summed E-state index contributed by atoms with van der Waals surface area (Å²) in [4.78, 5) is 7.45. The average molecular weight is 301 g/mol. The van der Waals surface area contributed by atoms with E-state index in [1.165, 1.54) is 0 Å². The molecule has 0 amide bonds. The van der Waals surface area contributed by atoms with Crippen LogP contribution in [0.1, 0.15) is 18.4 Å². The largest absolute Gasteiger partial charge is 0.389 e. The van der Waals surface area contributed by atoms with Gasteiger partial charge >= 0.3 is 0 Å². The van der Waals surface area contributed by atoms with Gasteiger partial charge in [-0.15, -0.1) is 0 Å². The van der Waals surface area contributed by atoms with Crippen LogP contribution in [0.2, 0.25) is 0 Å². The maximum Gasteiger partial charge on any atom is 0.139 e. The van der Waals surface area contributed by atoms with E-state index in [0.717, 1.165) is 48.2 Å². The van der Waals surface area contributed by atoms with Gasteiger partial charge in [0.25, 0.3) is 0 Å². The van der Waals surface area contributed by atoms with E-state index in [1.807, 2.05) is 30.3 Å². The lowest BCUT2D eigenvalue weighted by Gasteiger charge is -2.33. The number of rotatable bonds is 3. The Bertz CT molecular complexity index is 666. The van der Waals surface area contributed by atoms with Crippen LogP contribution in [0.4, 0.5) is 5.82 Å². The van der Waals surface area contributed by atoms with Crippen LogP contribution in [0.5, 0.6) is 0 Å². The second kappa shape index (κ2) is 5.95. The molecule has 1 aliphatic heterocycles. The molecule has 0 bridgehead atoms. The van der Waals surface area contributed by atoms with Crippen LogP contribution in [-0.2, 0) is 4.74 Å². The van der Waals surface area contributed by atoms with Gasteiger partial charge in [-0.05, 0) is 25.0 Å². The average Bonchev–Trinajstić information content (AvgIpc) is 2.53. The number of ether oxygens (including phenoxy) is 1. The highest BCUT2D eigenvalue weighted by molar-refractivity contribution is 7.80. The Hall–Kier alpha value is -1.72. The van der Waals surface area contributed by atoms with E-state index >= 15 is 0 Å². The van der Waals surface area contributed by atoms with Crippen molar-refractivity contribution in [3.05, 3.63) is 35.9 Å². The number of methoxy groups -OCH3 is 1. The number of hydrogen-bond acceptors (Lipinski definition) is 4. The molecule has 0 radical (unpaired) electrons. The van der Waals surface area contributed by atoms with E-state index in [4.69, 9.17) is 27.7 Å². The molecule has 1 fully saturated rings. The monoisotopic (exact) mass is 301 g/mol. The van der Waals surface area contributed by atoms with Crippen molar-refractivity contribution in [2.45, 2.75) is 18.9 Å². The molecule has 0 aliphatic carbocycles. The van der Waals surface area contributed by atoms with Gasteiger partial charge in [-0.1, -0.05) is 30.4 Å². The number of para-hydroxylation sites is 1. The van der Waals surface area contributed by atoms with Crippen LogP contribution in [0.15, 0.2) is 30.3 Å². The fourth-order valence-corrected chi connectivity index (χ4v) is 2.98. The first-order valence-corrected chi connectivity index (χ1v) is 7.57. The fraction of sp³-hybridized carbons (Fsp3) is 0.375. The van der Waals surface area contributed by atoms with Crippen molar-refractivity contribution in [1.29, 1.82) is 0 Å². The molecule has 5 heteroatoms. The van der Waals surface area contributed by atoms with Crippen LogP contribution in [0, 0.1) is 0 Å². The van der Waals surface area contributed by atoms with Crippen molar-refractivity contribution in [1.82, 2.24) is 4.98 Å². The number of pyridine rings is 1. The molecule has 0 unspecified atom stereocenters. The van der Waals surface area contributed by atoms with Gasteiger partial charge in [-0.2, -0.15) is 0 Å². The lowest BCUT2D eigenvalue weighted by molar-refractivity contribution is 0.0818. The summed E-state index contributed by atoms with van der Waals surface area (Å²) in [5.41, 5.74) is 7.74. The van der Waals surface area contributed by atoms with Crippen LogP contribution >= 0.6 is 12.2 Å². The smallest absolute Gasteiger partial charge is 0.139 e. The Morgan fingerprint density at radius 2 is 2.05 bits per heavy atom. The minimum absolute atomic E-state index is 0.343. The molecule has 0 atom stereocenters. The zero-order chi connectivity index (χ0) is 14.8. The van der Waals surface area contributed by atoms with Gasteiger partial charge in [0.15, 0.2) is 0 Å². The number of thiocarbonyl (C=S) groups is 1. The molecule has 1 aromatic heterocycles. The maximum absolute atomic E-state index is 5.91. The predicted molar refractivity (Wildman–Crippen MR) is 89.9 cm³/mol. The zero-order valence-corrected chi connectivity index (χ0v) is 12.9. The normalized spacial score (nSPS) is 16.3. The standard InChI is InChI=1S/C16H19N3OS/c1-20-12-6-8-19(9-7-12)16-13(15(17)21)10-11-4-2-3-5-14(11)18-16/h2-5,10,12H,6-9H2,1H3,(H2,17,21). The molecule has 4 nitrogen and oxygen atoms in total. The van der Waals surface area contributed by atoms with Gasteiger partial charge in [0.1, 0.15) is 10.8 Å². The van der Waals surface area contributed by atoms with Gasteiger partial charge in [0.2, 0.25) is 0 Å². The predicted octanol–water partition coefficient (Wildman–Crippen LogP) is 2.48. The third-order valence-electron chi connectivity index (χ3n) is 4.04. The summed E-state index contributed by atoms with van der Waals surface area (Å²) < 4.78 is 5.43. The Morgan fingerprint density at radius 3 is 2.71 bits per heavy atom. The topological polar surface area (TPSA) is 51.4 Å². The lowest BCUT2D eigenvalue weighted by Crippen LogP contribution is -2.38. The summed E-state index contributed by atoms with van der Waals surface area (Å²) >= 11 is 5.21. The number of benzene rings is 1. The van der Waals surface area contributed by atoms with Crippen LogP contribution in [-0.4, -0.2) is 36.3 Å². The summed E-state index contributed by atoms with van der Waals surface area (Å²) in [5.74, 6) is 0.899. The van der Waals surface area contributed by atoms with E-state index in [1.54, 1.807) is 7.11 Å². The van der Waals surface area contributed by atoms with Gasteiger partial charge in [0.05, 0.1) is 17.2 Å². The van der Waals surface area contributed by atoms with Gasteiger partial charge < -0.3 is 15.4 Å². The molecule has 3 rings (SSSR count). The van der Waals surface area contributed by atoms with E-state index in [9.17, 15) is 0 Å². The first kappa shape index (κ1) is 14.2. The maximum atomic E-state index is 5.91. The quantitative estimate of drug-likeness (QED) is 0.883. The molecule has 2 aromatic rings. The number of fused-ring (bicyclic) bond motifs is 1. The lowest BCUT2D eigenvalue weighted by atomic mass is 10.1. The zero-order valence-electron chi connectivity index (χ0n) is 12.1. The summed E-state index contributed by atoms with van der Waals surface area (Å²) in [6.45, 7) is 1.83. The molecule has 1 aromatic carbocycles. The van der Waals surface area contributed by atoms with Crippen molar-refractivity contribution in [3.63, 3.8) is 0 Å². The van der Waals surface area contributed by atoms with E-state index in [2.05, 4.69) is 4.90 Å². The molecule has 1 saturated heterocycles. The first-order valence-electron chi connectivity index (χ1n) is 7.16. The first-order chi connectivity index (χ1) is 10.2. The molecule has 0 saturated carbocycles. The van der Waals surface area contributed by atoms with E-state index in [0.29, 0.717) is 11.1 Å². The van der Waals surface area contributed by atoms with Crippen LogP contribution < -0.4 is 10.6 Å². The van der Waals surface area contributed by atoms with Crippen molar-refractivity contribution < 1.29 is 4.74 Å². The highest BCUT2D eigenvalue weighted by Crippen LogP contribution is 2.26. The highest BCUT2D eigenvalue weighted by Gasteiger charge is 2.22. The van der Waals surface area contributed by atoms with Gasteiger partial charge in [-0.3, -0.25) is 0 Å². The van der Waals surface area contributed by atoms with Crippen LogP contribution in [0.3, 0.4) is 0 Å². The third-order valence-corrected chi connectivity index (χ3v) is 4.26. The summed E-state index contributed by atoms with van der Waals surface area (Å²) in [6.07, 6.45) is 2.35. The molecule has 2 N–H and O–H groups in total. The third kappa shape index (κ3) is 2.84. The van der Waals surface area contributed by atoms with Crippen molar-refractivity contribution in [2.75, 3.05) is 25.1 Å². The van der Waals surface area contributed by atoms with Gasteiger partial charge in [0, 0.05) is 25.6 Å². The second-order valence-corrected chi connectivity index (χ2v) is 5.78. The number of nitrogens with zero attached hydrogens (tertiary/aromatic N) is 2. The number of aromatic nitrogens is 1. The molecule has 1 aliphatic rings. The fourth-order valence-electron chi connectivity index (χ4n) is 2.83. The summed E-state index contributed by atoms with van der Waals surface area (Å²) in [7, 11) is 1.77. The van der Waals surface area contributed by atoms with E-state index < -0.39 is 0 Å². The van der Waals surface area contributed by atoms with Crippen molar-refractivity contribution >= 4 is 33.9 Å². The van der Waals surface area contributed by atoms with Crippen LogP contribution in [0.25, 0.3) is 10.9 Å². The molecular weight excluding hydrogens is 282 g/mol. The van der Waals surface area contributed by atoms with E-state index in [-0.39, 0.29) is 0 Å². The summed E-state index contributed by atoms with van der Waals surface area (Å²) in [6, 6.07) is 10.1. The minimum atomic E-state index is 0.343. The highest BCUT2D eigenvalue weighted by atomic mass is 32.1. The molecule has 110 valence electrons. The minimum Gasteiger partial charge on any atom is -0.389 e. The number of anilines is 1. The second-order valence-electron chi connectivity index (χ2n) is 5.34. The van der Waals surface area contributed by atoms with Crippen molar-refractivity contribution in [2.24, 2.45) is 5.73 Å². The molecule has 2 heterocycles. The molecular formula is C16H19N3OS. The Labute approximate surface area is 129 Å². The molecule has 0 spiro atoms. The Balaban J connectivity index is 2.00. The van der Waals surface area contributed by atoms with Gasteiger partial charge in [-0.25, -0.2) is 4.98 Å². The summed E-state index contributed by atoms with van der Waals surface area (Å²) in [5, 5.41) is 1.07. The molecule has 21 heavy (non-hydrogen) atoms. The SMILES string of the molecule is COC1CCN(c2nc3ccccc3cc2C(N)=S)CC1. The Morgan fingerprint density at radius 1 is 1.33 bits per heavy atom. The number of hydrogen-bond donors (Lipinski definition) is 1. The van der Waals surface area contributed by atoms with Crippen molar-refractivity contribution in [3.8, 4) is 0 Å².